The fourth-order valence-corrected chi connectivity index (χ4v) is 6.37. The van der Waals surface area contributed by atoms with Crippen LogP contribution in [0.4, 0.5) is 0 Å². The van der Waals surface area contributed by atoms with Crippen molar-refractivity contribution in [1.29, 1.82) is 0 Å². The molecule has 0 aromatic rings. The molecule has 0 aromatic heterocycles. The van der Waals surface area contributed by atoms with Crippen LogP contribution in [-0.2, 0) is 19.1 Å². The van der Waals surface area contributed by atoms with Crippen molar-refractivity contribution in [3.63, 3.8) is 0 Å². The molecular formula is C48H86O7. The van der Waals surface area contributed by atoms with E-state index in [0.29, 0.717) is 25.7 Å². The van der Waals surface area contributed by atoms with Gasteiger partial charge < -0.3 is 24.8 Å². The van der Waals surface area contributed by atoms with Gasteiger partial charge in [0.2, 0.25) is 0 Å². The average Bonchev–Trinajstić information content (AvgIpc) is 3.17. The van der Waals surface area contributed by atoms with E-state index in [-0.39, 0.29) is 25.6 Å². The molecule has 4 atom stereocenters. The van der Waals surface area contributed by atoms with Crippen LogP contribution in [0.3, 0.4) is 0 Å². The molecule has 0 spiro atoms. The summed E-state index contributed by atoms with van der Waals surface area (Å²) in [6, 6.07) is 0. The summed E-state index contributed by atoms with van der Waals surface area (Å²) in [5.41, 5.74) is 0. The highest BCUT2D eigenvalue weighted by Gasteiger charge is 2.12. The summed E-state index contributed by atoms with van der Waals surface area (Å²) in [4.78, 5) is 24.0. The molecule has 0 heterocycles. The molecule has 0 aromatic carbocycles. The van der Waals surface area contributed by atoms with Gasteiger partial charge in [-0.15, -0.1) is 0 Å². The number of hydrogen-bond acceptors (Lipinski definition) is 7. The first kappa shape index (κ1) is 52.8. The molecule has 0 saturated carbocycles. The largest absolute Gasteiger partial charge is 0.463 e. The van der Waals surface area contributed by atoms with Crippen LogP contribution in [0.15, 0.2) is 48.6 Å². The third-order valence-electron chi connectivity index (χ3n) is 10.3. The number of aliphatic hydroxyl groups is 3. The minimum atomic E-state index is -1.06. The predicted molar refractivity (Wildman–Crippen MR) is 231 cm³/mol. The molecule has 0 radical (unpaired) electrons. The van der Waals surface area contributed by atoms with Gasteiger partial charge in [0.15, 0.2) is 0 Å². The van der Waals surface area contributed by atoms with E-state index < -0.39 is 24.3 Å². The highest BCUT2D eigenvalue weighted by molar-refractivity contribution is 5.69. The number of ether oxygens (including phenoxy) is 2. The number of rotatable bonds is 40. The van der Waals surface area contributed by atoms with Crippen LogP contribution >= 0.6 is 0 Å². The van der Waals surface area contributed by atoms with E-state index in [0.717, 1.165) is 31.6 Å². The molecule has 0 aliphatic heterocycles. The molecule has 1 unspecified atom stereocenters. The molecule has 0 saturated heterocycles. The Labute approximate surface area is 338 Å². The second kappa shape index (κ2) is 41.4. The van der Waals surface area contributed by atoms with Crippen molar-refractivity contribution in [3.8, 4) is 0 Å². The van der Waals surface area contributed by atoms with Gasteiger partial charge in [-0.1, -0.05) is 204 Å². The summed E-state index contributed by atoms with van der Waals surface area (Å²) in [5.74, 6) is 0.114. The molecule has 3 N–H and O–H groups in total. The van der Waals surface area contributed by atoms with Gasteiger partial charge in [0.1, 0.15) is 19.3 Å². The number of carbonyl (C=O) groups excluding carboxylic acids is 2. The van der Waals surface area contributed by atoms with E-state index in [2.05, 4.69) is 26.8 Å². The number of hydrogen-bond donors (Lipinski definition) is 3. The standard InChI is InChI=1S/C48H86O7/c1-4-6-7-8-24-29-35-44(49)36-30-26-27-31-37-45(50)38-33-40-48(53)55-42-46(51)41-54-47(52)39-32-25-22-20-18-16-14-12-10-9-11-13-15-17-19-21-23-28-34-43(3)5-2/h24,26-27,29-31,36-37,43-46,49-51H,4-23,25,28,32-35,38-42H2,1-3H3/b27-26+,29-24-,36-30+,37-31-/t43?,44-,45-,46-/m1/s1. The predicted octanol–water partition coefficient (Wildman–Crippen LogP) is 12.4. The monoisotopic (exact) mass is 775 g/mol. The Morgan fingerprint density at radius 3 is 1.45 bits per heavy atom. The first-order valence-corrected chi connectivity index (χ1v) is 22.8. The Hall–Kier alpha value is -2.22. The molecular weight excluding hydrogens is 689 g/mol. The van der Waals surface area contributed by atoms with E-state index in [9.17, 15) is 24.9 Å². The number of unbranched alkanes of at least 4 members (excludes halogenated alkanes) is 20. The lowest BCUT2D eigenvalue weighted by Gasteiger charge is -2.12. The van der Waals surface area contributed by atoms with Crippen molar-refractivity contribution >= 4 is 11.9 Å². The quantitative estimate of drug-likeness (QED) is 0.0246. The normalized spacial score (nSPS) is 14.4. The van der Waals surface area contributed by atoms with E-state index in [1.54, 1.807) is 36.5 Å². The average molecular weight is 775 g/mol. The SMILES string of the molecule is CCCCC/C=C\C[C@@H](O)/C=C/C=C/C=C\[C@@H](O)CCCC(=O)OC[C@H](O)COC(=O)CCCCCCCCCCCCCCCCCCCCC(C)CC. The Morgan fingerprint density at radius 1 is 0.509 bits per heavy atom. The van der Waals surface area contributed by atoms with Crippen LogP contribution in [0.1, 0.15) is 207 Å². The van der Waals surface area contributed by atoms with Gasteiger partial charge >= 0.3 is 11.9 Å². The van der Waals surface area contributed by atoms with Crippen LogP contribution in [-0.4, -0.2) is 58.8 Å². The summed E-state index contributed by atoms with van der Waals surface area (Å²) < 4.78 is 10.2. The maximum Gasteiger partial charge on any atom is 0.305 e. The summed E-state index contributed by atoms with van der Waals surface area (Å²) in [7, 11) is 0. The van der Waals surface area contributed by atoms with Gasteiger partial charge in [0.25, 0.3) is 0 Å². The molecule has 0 bridgehead atoms. The molecule has 55 heavy (non-hydrogen) atoms. The Morgan fingerprint density at radius 2 is 0.964 bits per heavy atom. The minimum Gasteiger partial charge on any atom is -0.463 e. The lowest BCUT2D eigenvalue weighted by molar-refractivity contribution is -0.152. The van der Waals surface area contributed by atoms with E-state index in [1.807, 2.05) is 6.08 Å². The van der Waals surface area contributed by atoms with Crippen LogP contribution in [0, 0.1) is 5.92 Å². The van der Waals surface area contributed by atoms with Gasteiger partial charge in [-0.3, -0.25) is 9.59 Å². The molecule has 320 valence electrons. The van der Waals surface area contributed by atoms with Gasteiger partial charge in [0, 0.05) is 12.8 Å². The van der Waals surface area contributed by atoms with Crippen molar-refractivity contribution in [3.05, 3.63) is 48.6 Å². The van der Waals surface area contributed by atoms with Crippen molar-refractivity contribution < 1.29 is 34.4 Å². The van der Waals surface area contributed by atoms with Crippen LogP contribution in [0.5, 0.6) is 0 Å². The highest BCUT2D eigenvalue weighted by Crippen LogP contribution is 2.17. The van der Waals surface area contributed by atoms with E-state index >= 15 is 0 Å². The number of carbonyl (C=O) groups is 2. The first-order valence-electron chi connectivity index (χ1n) is 22.8. The van der Waals surface area contributed by atoms with Gasteiger partial charge in [0.05, 0.1) is 12.2 Å². The number of esters is 2. The van der Waals surface area contributed by atoms with Gasteiger partial charge in [-0.05, 0) is 44.4 Å². The second-order valence-corrected chi connectivity index (χ2v) is 15.8. The van der Waals surface area contributed by atoms with E-state index in [4.69, 9.17) is 9.47 Å². The lowest BCUT2D eigenvalue weighted by atomic mass is 9.99. The Balaban J connectivity index is 3.60. The minimum absolute atomic E-state index is 0.125. The second-order valence-electron chi connectivity index (χ2n) is 15.8. The Kier molecular flexibility index (Phi) is 39.7. The smallest absolute Gasteiger partial charge is 0.305 e. The zero-order chi connectivity index (χ0) is 40.5. The molecule has 0 aliphatic carbocycles. The highest BCUT2D eigenvalue weighted by atomic mass is 16.6. The topological polar surface area (TPSA) is 113 Å². The summed E-state index contributed by atoms with van der Waals surface area (Å²) in [5, 5.41) is 30.1. The molecule has 0 amide bonds. The number of aliphatic hydroxyl groups excluding tert-OH is 3. The van der Waals surface area contributed by atoms with Crippen LogP contribution in [0.25, 0.3) is 0 Å². The zero-order valence-electron chi connectivity index (χ0n) is 35.8. The van der Waals surface area contributed by atoms with Crippen LogP contribution in [0.2, 0.25) is 0 Å². The Bertz CT molecular complexity index is 971. The van der Waals surface area contributed by atoms with Crippen LogP contribution < -0.4 is 0 Å². The molecule has 0 fully saturated rings. The van der Waals surface area contributed by atoms with Gasteiger partial charge in [-0.2, -0.15) is 0 Å². The van der Waals surface area contributed by atoms with Crippen molar-refractivity contribution in [2.24, 2.45) is 5.92 Å². The molecule has 7 heteroatoms. The fourth-order valence-electron chi connectivity index (χ4n) is 6.37. The third kappa shape index (κ3) is 41.2. The van der Waals surface area contributed by atoms with Gasteiger partial charge in [-0.25, -0.2) is 0 Å². The van der Waals surface area contributed by atoms with Crippen molar-refractivity contribution in [2.75, 3.05) is 13.2 Å². The maximum absolute atomic E-state index is 12.0. The molecule has 7 nitrogen and oxygen atoms in total. The molecule has 0 aliphatic rings. The first-order chi connectivity index (χ1) is 26.8. The lowest BCUT2D eigenvalue weighted by Crippen LogP contribution is -2.25. The summed E-state index contributed by atoms with van der Waals surface area (Å²) in [6.07, 6.45) is 45.2. The maximum atomic E-state index is 12.0. The summed E-state index contributed by atoms with van der Waals surface area (Å²) in [6.45, 7) is 6.44. The molecule has 0 rings (SSSR count). The zero-order valence-corrected chi connectivity index (χ0v) is 35.8. The van der Waals surface area contributed by atoms with E-state index in [1.165, 1.54) is 128 Å². The van der Waals surface area contributed by atoms with Crippen molar-refractivity contribution in [2.45, 2.75) is 225 Å². The summed E-state index contributed by atoms with van der Waals surface area (Å²) >= 11 is 0. The third-order valence-corrected chi connectivity index (χ3v) is 10.3. The number of allylic oxidation sites excluding steroid dienone is 5. The fraction of sp³-hybridized carbons (Fsp3) is 0.792. The van der Waals surface area contributed by atoms with Crippen molar-refractivity contribution in [1.82, 2.24) is 0 Å².